The molecule has 0 spiro atoms. The molecule has 2 aromatic rings. The molecule has 1 fully saturated rings. The first kappa shape index (κ1) is 23.2. The highest BCUT2D eigenvalue weighted by Gasteiger charge is 2.28. The second kappa shape index (κ2) is 11.8. The average Bonchev–Trinajstić information content (AvgIpc) is 3.17. The number of hydrogen-bond acceptors (Lipinski definition) is 4. The molecule has 0 amide bonds. The molecule has 1 atom stereocenters. The topological polar surface area (TPSA) is 71.8 Å². The zero-order valence-electron chi connectivity index (χ0n) is 17.1. The predicted octanol–water partition coefficient (Wildman–Crippen LogP) is 2.90. The van der Waals surface area contributed by atoms with Crippen LogP contribution in [0.4, 0.5) is 0 Å². The van der Waals surface area contributed by atoms with Crippen LogP contribution in [0.2, 0.25) is 0 Å². The molecule has 158 valence electrons. The SMILES string of the molecule is CCOC(=O)C1CCCN(C(=NC)NCc2cnn(Cc3ccccc3)c2)C1.I. The van der Waals surface area contributed by atoms with Crippen molar-refractivity contribution in [3.63, 3.8) is 0 Å². The van der Waals surface area contributed by atoms with E-state index in [0.29, 0.717) is 19.7 Å². The van der Waals surface area contributed by atoms with Crippen molar-refractivity contribution in [2.45, 2.75) is 32.9 Å². The molecule has 1 unspecified atom stereocenters. The van der Waals surface area contributed by atoms with Crippen molar-refractivity contribution in [1.82, 2.24) is 20.0 Å². The van der Waals surface area contributed by atoms with Gasteiger partial charge in [-0.05, 0) is 25.3 Å². The minimum Gasteiger partial charge on any atom is -0.466 e. The number of likely N-dealkylation sites (tertiary alicyclic amines) is 1. The van der Waals surface area contributed by atoms with E-state index in [0.717, 1.165) is 37.5 Å². The molecule has 0 saturated carbocycles. The summed E-state index contributed by atoms with van der Waals surface area (Å²) < 4.78 is 7.12. The molecule has 1 aromatic heterocycles. The Morgan fingerprint density at radius 2 is 2.10 bits per heavy atom. The van der Waals surface area contributed by atoms with Crippen molar-refractivity contribution in [2.75, 3.05) is 26.7 Å². The van der Waals surface area contributed by atoms with Crippen LogP contribution in [-0.4, -0.2) is 53.4 Å². The fourth-order valence-corrected chi connectivity index (χ4v) is 3.49. The molecule has 2 heterocycles. The summed E-state index contributed by atoms with van der Waals surface area (Å²) >= 11 is 0. The van der Waals surface area contributed by atoms with Gasteiger partial charge in [0.1, 0.15) is 0 Å². The van der Waals surface area contributed by atoms with Crippen molar-refractivity contribution in [3.05, 3.63) is 53.9 Å². The maximum absolute atomic E-state index is 12.1. The van der Waals surface area contributed by atoms with Gasteiger partial charge < -0.3 is 15.0 Å². The van der Waals surface area contributed by atoms with Crippen molar-refractivity contribution < 1.29 is 9.53 Å². The number of carbonyl (C=O) groups is 1. The highest BCUT2D eigenvalue weighted by molar-refractivity contribution is 14.0. The van der Waals surface area contributed by atoms with Gasteiger partial charge in [0.25, 0.3) is 0 Å². The highest BCUT2D eigenvalue weighted by atomic mass is 127. The molecule has 3 rings (SSSR count). The third kappa shape index (κ3) is 6.73. The molecule has 7 nitrogen and oxygen atoms in total. The molecule has 1 saturated heterocycles. The molecule has 0 radical (unpaired) electrons. The van der Waals surface area contributed by atoms with Crippen LogP contribution in [0, 0.1) is 5.92 Å². The lowest BCUT2D eigenvalue weighted by molar-refractivity contribution is -0.149. The standard InChI is InChI=1S/C21H29N5O2.HI/c1-3-28-20(27)19-10-7-11-25(16-19)21(22-2)23-12-18-13-24-26(15-18)14-17-8-5-4-6-9-17;/h4-6,8-9,13,15,19H,3,7,10-12,14,16H2,1-2H3,(H,22,23);1H. The van der Waals surface area contributed by atoms with Gasteiger partial charge in [0, 0.05) is 38.4 Å². The van der Waals surface area contributed by atoms with E-state index in [2.05, 4.69) is 32.4 Å². The van der Waals surface area contributed by atoms with Gasteiger partial charge in [-0.2, -0.15) is 5.10 Å². The molecular weight excluding hydrogens is 481 g/mol. The molecule has 1 N–H and O–H groups in total. The van der Waals surface area contributed by atoms with E-state index in [4.69, 9.17) is 4.74 Å². The number of esters is 1. The van der Waals surface area contributed by atoms with E-state index in [-0.39, 0.29) is 35.9 Å². The summed E-state index contributed by atoms with van der Waals surface area (Å²) in [5, 5.41) is 7.84. The van der Waals surface area contributed by atoms with E-state index in [1.165, 1.54) is 5.56 Å². The first-order chi connectivity index (χ1) is 13.7. The Kier molecular flexibility index (Phi) is 9.43. The van der Waals surface area contributed by atoms with Crippen molar-refractivity contribution in [3.8, 4) is 0 Å². The molecule has 29 heavy (non-hydrogen) atoms. The Labute approximate surface area is 189 Å². The number of hydrogen-bond donors (Lipinski definition) is 1. The van der Waals surface area contributed by atoms with Gasteiger partial charge in [-0.1, -0.05) is 30.3 Å². The first-order valence-electron chi connectivity index (χ1n) is 9.87. The molecule has 1 aliphatic heterocycles. The van der Waals surface area contributed by atoms with Crippen LogP contribution >= 0.6 is 24.0 Å². The number of ether oxygens (including phenoxy) is 1. The number of halogens is 1. The van der Waals surface area contributed by atoms with E-state index in [9.17, 15) is 4.79 Å². The fourth-order valence-electron chi connectivity index (χ4n) is 3.49. The number of nitrogens with zero attached hydrogens (tertiary/aromatic N) is 4. The third-order valence-electron chi connectivity index (χ3n) is 4.88. The number of aliphatic imine (C=N–C) groups is 1. The smallest absolute Gasteiger partial charge is 0.310 e. The summed E-state index contributed by atoms with van der Waals surface area (Å²) in [6.45, 7) is 5.20. The minimum absolute atomic E-state index is 0. The van der Waals surface area contributed by atoms with Crippen molar-refractivity contribution in [2.24, 2.45) is 10.9 Å². The van der Waals surface area contributed by atoms with Crippen LogP contribution in [0.15, 0.2) is 47.7 Å². The monoisotopic (exact) mass is 511 g/mol. The number of rotatable bonds is 6. The summed E-state index contributed by atoms with van der Waals surface area (Å²) in [7, 11) is 1.77. The van der Waals surface area contributed by atoms with Gasteiger partial charge >= 0.3 is 5.97 Å². The van der Waals surface area contributed by atoms with Crippen LogP contribution < -0.4 is 5.32 Å². The normalized spacial score (nSPS) is 16.8. The molecule has 1 aromatic carbocycles. The number of carbonyl (C=O) groups excluding carboxylic acids is 1. The third-order valence-corrected chi connectivity index (χ3v) is 4.88. The lowest BCUT2D eigenvalue weighted by atomic mass is 9.98. The minimum atomic E-state index is -0.107. The molecule has 8 heteroatoms. The summed E-state index contributed by atoms with van der Waals surface area (Å²) in [6, 6.07) is 10.3. The fraction of sp³-hybridized carbons (Fsp3) is 0.476. The highest BCUT2D eigenvalue weighted by Crippen LogP contribution is 2.18. The second-order valence-corrected chi connectivity index (χ2v) is 6.97. The number of benzene rings is 1. The zero-order chi connectivity index (χ0) is 19.8. The van der Waals surface area contributed by atoms with E-state index in [1.54, 1.807) is 7.05 Å². The van der Waals surface area contributed by atoms with E-state index in [1.807, 2.05) is 42.2 Å². The number of piperidine rings is 1. The molecule has 1 aliphatic rings. The maximum atomic E-state index is 12.1. The second-order valence-electron chi connectivity index (χ2n) is 6.97. The largest absolute Gasteiger partial charge is 0.466 e. The van der Waals surface area contributed by atoms with E-state index >= 15 is 0 Å². The quantitative estimate of drug-likeness (QED) is 0.280. The number of guanidine groups is 1. The van der Waals surface area contributed by atoms with Crippen LogP contribution in [0.1, 0.15) is 30.9 Å². The first-order valence-corrected chi connectivity index (χ1v) is 9.87. The van der Waals surface area contributed by atoms with Gasteiger partial charge in [-0.3, -0.25) is 14.5 Å². The Hall–Kier alpha value is -2.10. The van der Waals surface area contributed by atoms with Gasteiger partial charge in [-0.15, -0.1) is 24.0 Å². The summed E-state index contributed by atoms with van der Waals surface area (Å²) in [5.41, 5.74) is 2.32. The lowest BCUT2D eigenvalue weighted by Gasteiger charge is -2.33. The Morgan fingerprint density at radius 3 is 2.83 bits per heavy atom. The summed E-state index contributed by atoms with van der Waals surface area (Å²) in [5.74, 6) is 0.621. The average molecular weight is 511 g/mol. The van der Waals surface area contributed by atoms with Gasteiger partial charge in [-0.25, -0.2) is 0 Å². The molecule has 0 bridgehead atoms. The maximum Gasteiger partial charge on any atom is 0.310 e. The van der Waals surface area contributed by atoms with Gasteiger partial charge in [0.15, 0.2) is 5.96 Å². The van der Waals surface area contributed by atoms with Crippen molar-refractivity contribution >= 4 is 35.9 Å². The van der Waals surface area contributed by atoms with Gasteiger partial charge in [0.2, 0.25) is 0 Å². The summed E-state index contributed by atoms with van der Waals surface area (Å²) in [4.78, 5) is 18.6. The number of nitrogens with one attached hydrogen (secondary N) is 1. The number of aromatic nitrogens is 2. The van der Waals surface area contributed by atoms with Crippen molar-refractivity contribution in [1.29, 1.82) is 0 Å². The zero-order valence-corrected chi connectivity index (χ0v) is 19.4. The van der Waals surface area contributed by atoms with E-state index < -0.39 is 0 Å². The lowest BCUT2D eigenvalue weighted by Crippen LogP contribution is -2.48. The van der Waals surface area contributed by atoms with Gasteiger partial charge in [0.05, 0.1) is 25.3 Å². The van der Waals surface area contributed by atoms with Crippen LogP contribution in [0.25, 0.3) is 0 Å². The van der Waals surface area contributed by atoms with Crippen LogP contribution in [0.3, 0.4) is 0 Å². The van der Waals surface area contributed by atoms with Crippen LogP contribution in [0.5, 0.6) is 0 Å². The Bertz CT molecular complexity index is 793. The predicted molar refractivity (Wildman–Crippen MR) is 124 cm³/mol. The van der Waals surface area contributed by atoms with Crippen LogP contribution in [-0.2, 0) is 22.6 Å². The molecule has 0 aliphatic carbocycles. The Balaban J connectivity index is 0.00000300. The molecular formula is C21H30IN5O2. The Morgan fingerprint density at radius 1 is 1.31 bits per heavy atom. The summed E-state index contributed by atoms with van der Waals surface area (Å²) in [6.07, 6.45) is 5.75.